The van der Waals surface area contributed by atoms with Crippen LogP contribution >= 0.6 is 12.2 Å². The van der Waals surface area contributed by atoms with Crippen molar-refractivity contribution in [1.29, 1.82) is 0 Å². The van der Waals surface area contributed by atoms with E-state index in [1.807, 2.05) is 6.07 Å². The van der Waals surface area contributed by atoms with Crippen molar-refractivity contribution >= 4 is 28.1 Å². The van der Waals surface area contributed by atoms with Gasteiger partial charge >= 0.3 is 0 Å². The number of likely N-dealkylation sites (N-methyl/N-ethyl adjacent to an activating group) is 1. The van der Waals surface area contributed by atoms with Crippen LogP contribution in [0, 0.1) is 0 Å². The van der Waals surface area contributed by atoms with Crippen LogP contribution < -0.4 is 10.6 Å². The van der Waals surface area contributed by atoms with E-state index in [9.17, 15) is 0 Å². The summed E-state index contributed by atoms with van der Waals surface area (Å²) in [5.74, 6) is 0. The summed E-state index contributed by atoms with van der Waals surface area (Å²) < 4.78 is 0. The molecule has 4 heteroatoms. The van der Waals surface area contributed by atoms with Gasteiger partial charge in [0, 0.05) is 0 Å². The van der Waals surface area contributed by atoms with Gasteiger partial charge in [-0.1, -0.05) is 103 Å². The largest absolute Gasteiger partial charge is 0.356 e. The second kappa shape index (κ2) is 10.6. The summed E-state index contributed by atoms with van der Waals surface area (Å²) in [7, 11) is 4.23. The molecule has 0 amide bonds. The lowest BCUT2D eigenvalue weighted by Gasteiger charge is -2.35. The molecule has 0 saturated carbocycles. The second-order valence-corrected chi connectivity index (χ2v) is 9.02. The minimum atomic E-state index is -0.0108. The molecule has 0 aliphatic rings. The van der Waals surface area contributed by atoms with Crippen molar-refractivity contribution in [2.75, 3.05) is 14.1 Å². The number of nitrogens with one attached hydrogen (secondary N) is 2. The molecule has 4 rings (SSSR count). The Morgan fingerprint density at radius 1 is 0.697 bits per heavy atom. The Balaban J connectivity index is 1.60. The third kappa shape index (κ3) is 5.41. The average molecular weight is 454 g/mol. The molecule has 33 heavy (non-hydrogen) atoms. The third-order valence-electron chi connectivity index (χ3n) is 6.10. The Labute approximate surface area is 202 Å². The van der Waals surface area contributed by atoms with E-state index in [0.29, 0.717) is 5.11 Å². The first-order chi connectivity index (χ1) is 16.0. The molecule has 0 aliphatic heterocycles. The Morgan fingerprint density at radius 3 is 1.94 bits per heavy atom. The molecular formula is C29H31N3S. The highest BCUT2D eigenvalue weighted by molar-refractivity contribution is 7.80. The van der Waals surface area contributed by atoms with Gasteiger partial charge in [0.1, 0.15) is 0 Å². The van der Waals surface area contributed by atoms with Crippen LogP contribution in [0.4, 0.5) is 0 Å². The van der Waals surface area contributed by atoms with E-state index in [4.69, 9.17) is 12.2 Å². The minimum absolute atomic E-state index is 0.0108. The van der Waals surface area contributed by atoms with E-state index in [0.717, 1.165) is 0 Å². The quantitative estimate of drug-likeness (QED) is 0.316. The van der Waals surface area contributed by atoms with Gasteiger partial charge in [-0.25, -0.2) is 0 Å². The number of thiocarbonyl (C=S) groups is 1. The maximum atomic E-state index is 5.84. The van der Waals surface area contributed by atoms with Crippen molar-refractivity contribution in [2.24, 2.45) is 0 Å². The normalized spacial score (nSPS) is 13.9. The van der Waals surface area contributed by atoms with Crippen LogP contribution in [0.5, 0.6) is 0 Å². The summed E-state index contributed by atoms with van der Waals surface area (Å²) in [6.07, 6.45) is 0. The van der Waals surface area contributed by atoms with Gasteiger partial charge in [-0.3, -0.25) is 0 Å². The predicted octanol–water partition coefficient (Wildman–Crippen LogP) is 6.41. The van der Waals surface area contributed by atoms with Crippen LogP contribution in [0.1, 0.15) is 41.7 Å². The fourth-order valence-corrected chi connectivity index (χ4v) is 4.83. The molecule has 0 aromatic heterocycles. The molecule has 0 aliphatic carbocycles. The van der Waals surface area contributed by atoms with Gasteiger partial charge in [0.05, 0.1) is 18.1 Å². The lowest BCUT2D eigenvalue weighted by atomic mass is 9.92. The first kappa shape index (κ1) is 23.0. The summed E-state index contributed by atoms with van der Waals surface area (Å²) in [6.45, 7) is 2.16. The lowest BCUT2D eigenvalue weighted by Crippen LogP contribution is -2.43. The summed E-state index contributed by atoms with van der Waals surface area (Å²) in [5, 5.41) is 10.3. The Morgan fingerprint density at radius 2 is 1.27 bits per heavy atom. The number of hydrogen-bond donors (Lipinski definition) is 2. The maximum absolute atomic E-state index is 5.84. The average Bonchev–Trinajstić information content (AvgIpc) is 2.84. The molecule has 0 saturated heterocycles. The van der Waals surface area contributed by atoms with Crippen molar-refractivity contribution < 1.29 is 0 Å². The molecule has 0 fully saturated rings. The standard InChI is InChI=1S/C29H31N3S/c1-21(25-20-12-18-22-13-10-11-19-26(22)25)30-29(33)31-27(23-14-6-4-7-15-23)28(32(2)3)24-16-8-5-9-17-24/h4-21,27-28H,1-3H3,(H2,30,31,33)/t21-,27+,28+/m1/s1. The molecular weight excluding hydrogens is 422 g/mol. The SMILES string of the molecule is C[C@@H](NC(=S)N[C@@H](c1ccccc1)[C@H](c1ccccc1)N(C)C)c1cccc2ccccc12. The van der Waals surface area contributed by atoms with Crippen LogP contribution in [0.25, 0.3) is 10.8 Å². The molecule has 0 spiro atoms. The first-order valence-electron chi connectivity index (χ1n) is 11.4. The predicted molar refractivity (Wildman–Crippen MR) is 143 cm³/mol. The Hall–Kier alpha value is -3.21. The fraction of sp³-hybridized carbons (Fsp3) is 0.207. The molecule has 3 atom stereocenters. The maximum Gasteiger partial charge on any atom is 0.167 e. The number of benzene rings is 4. The smallest absolute Gasteiger partial charge is 0.167 e. The van der Waals surface area contributed by atoms with Crippen molar-refractivity contribution in [3.63, 3.8) is 0 Å². The highest BCUT2D eigenvalue weighted by atomic mass is 32.1. The number of rotatable bonds is 7. The van der Waals surface area contributed by atoms with E-state index < -0.39 is 0 Å². The van der Waals surface area contributed by atoms with Crippen LogP contribution in [-0.2, 0) is 0 Å². The number of fused-ring (bicyclic) bond motifs is 1. The summed E-state index contributed by atoms with van der Waals surface area (Å²) in [6, 6.07) is 36.2. The summed E-state index contributed by atoms with van der Waals surface area (Å²) in [4.78, 5) is 2.25. The third-order valence-corrected chi connectivity index (χ3v) is 6.33. The molecule has 0 unspecified atom stereocenters. The molecule has 0 bridgehead atoms. The molecule has 168 valence electrons. The van der Waals surface area contributed by atoms with Gasteiger partial charge in [0.15, 0.2) is 5.11 Å². The van der Waals surface area contributed by atoms with Crippen LogP contribution in [0.3, 0.4) is 0 Å². The van der Waals surface area contributed by atoms with Gasteiger partial charge in [-0.2, -0.15) is 0 Å². The number of hydrogen-bond acceptors (Lipinski definition) is 2. The van der Waals surface area contributed by atoms with Gasteiger partial charge in [0.2, 0.25) is 0 Å². The first-order valence-corrected chi connectivity index (χ1v) is 11.8. The minimum Gasteiger partial charge on any atom is -0.356 e. The molecule has 4 aromatic rings. The highest BCUT2D eigenvalue weighted by Gasteiger charge is 2.27. The van der Waals surface area contributed by atoms with Gasteiger partial charge in [-0.15, -0.1) is 0 Å². The van der Waals surface area contributed by atoms with E-state index in [1.54, 1.807) is 0 Å². The van der Waals surface area contributed by atoms with Crippen LogP contribution in [-0.4, -0.2) is 24.1 Å². The zero-order chi connectivity index (χ0) is 23.2. The monoisotopic (exact) mass is 453 g/mol. The molecule has 0 heterocycles. The summed E-state index contributed by atoms with van der Waals surface area (Å²) >= 11 is 5.84. The van der Waals surface area contributed by atoms with E-state index in [1.165, 1.54) is 27.5 Å². The van der Waals surface area contributed by atoms with Gasteiger partial charge in [0.25, 0.3) is 0 Å². The zero-order valence-corrected chi connectivity index (χ0v) is 20.2. The number of nitrogens with zero attached hydrogens (tertiary/aromatic N) is 1. The second-order valence-electron chi connectivity index (χ2n) is 8.62. The molecule has 4 aromatic carbocycles. The highest BCUT2D eigenvalue weighted by Crippen LogP contribution is 2.33. The molecule has 3 nitrogen and oxygen atoms in total. The Bertz CT molecular complexity index is 1190. The molecule has 2 N–H and O–H groups in total. The Kier molecular flexibility index (Phi) is 7.38. The fourth-order valence-electron chi connectivity index (χ4n) is 4.53. The van der Waals surface area contributed by atoms with E-state index in [-0.39, 0.29) is 18.1 Å². The van der Waals surface area contributed by atoms with Gasteiger partial charge in [-0.05, 0) is 60.7 Å². The lowest BCUT2D eigenvalue weighted by molar-refractivity contribution is 0.246. The van der Waals surface area contributed by atoms with E-state index >= 15 is 0 Å². The van der Waals surface area contributed by atoms with Crippen molar-refractivity contribution in [1.82, 2.24) is 15.5 Å². The zero-order valence-electron chi connectivity index (χ0n) is 19.4. The topological polar surface area (TPSA) is 27.3 Å². The molecule has 0 radical (unpaired) electrons. The van der Waals surface area contributed by atoms with Gasteiger partial charge < -0.3 is 15.5 Å². The van der Waals surface area contributed by atoms with Crippen LogP contribution in [0.15, 0.2) is 103 Å². The van der Waals surface area contributed by atoms with Crippen molar-refractivity contribution in [3.05, 3.63) is 120 Å². The summed E-state index contributed by atoms with van der Waals surface area (Å²) in [5.41, 5.74) is 3.68. The van der Waals surface area contributed by atoms with Crippen molar-refractivity contribution in [3.8, 4) is 0 Å². The van der Waals surface area contributed by atoms with Crippen LogP contribution in [0.2, 0.25) is 0 Å². The van der Waals surface area contributed by atoms with E-state index in [2.05, 4.69) is 134 Å². The van der Waals surface area contributed by atoms with Crippen molar-refractivity contribution in [2.45, 2.75) is 25.0 Å².